The van der Waals surface area contributed by atoms with Crippen molar-refractivity contribution in [2.75, 3.05) is 11.2 Å². The topological polar surface area (TPSA) is 74.2 Å². The number of nitrogens with zero attached hydrogens (tertiary/aromatic N) is 1. The first-order valence-electron chi connectivity index (χ1n) is 5.62. The molecule has 0 aliphatic rings. The number of hydrazine groups is 1. The molecule has 0 aliphatic carbocycles. The van der Waals surface area contributed by atoms with Gasteiger partial charge < -0.3 is 5.11 Å². The van der Waals surface area contributed by atoms with Crippen LogP contribution in [0.5, 0.6) is 5.75 Å². The van der Waals surface area contributed by atoms with Crippen LogP contribution >= 0.6 is 11.8 Å². The summed E-state index contributed by atoms with van der Waals surface area (Å²) >= 11 is 1.39. The number of aromatic nitrogens is 1. The number of rotatable bonds is 5. The lowest BCUT2D eigenvalue weighted by molar-refractivity contribution is -0.118. The summed E-state index contributed by atoms with van der Waals surface area (Å²) in [5.74, 6) is 0.935. The van der Waals surface area contributed by atoms with E-state index < -0.39 is 0 Å². The fourth-order valence-electron chi connectivity index (χ4n) is 1.30. The fourth-order valence-corrected chi connectivity index (χ4v) is 2.00. The number of carbonyl (C=O) groups is 1. The van der Waals surface area contributed by atoms with Crippen molar-refractivity contribution in [3.05, 3.63) is 48.7 Å². The molecule has 6 heteroatoms. The van der Waals surface area contributed by atoms with Crippen LogP contribution in [0.1, 0.15) is 0 Å². The van der Waals surface area contributed by atoms with Crippen molar-refractivity contribution in [2.45, 2.75) is 4.90 Å². The van der Waals surface area contributed by atoms with E-state index in [2.05, 4.69) is 15.8 Å². The maximum atomic E-state index is 11.6. The number of thioether (sulfide) groups is 1. The molecule has 0 atom stereocenters. The van der Waals surface area contributed by atoms with Crippen molar-refractivity contribution in [3.8, 4) is 5.75 Å². The first-order valence-corrected chi connectivity index (χ1v) is 6.60. The summed E-state index contributed by atoms with van der Waals surface area (Å²) in [5, 5.41) is 9.14. The Labute approximate surface area is 115 Å². The Morgan fingerprint density at radius 1 is 1.21 bits per heavy atom. The van der Waals surface area contributed by atoms with Crippen molar-refractivity contribution in [1.82, 2.24) is 10.4 Å². The molecule has 5 nitrogen and oxygen atoms in total. The van der Waals surface area contributed by atoms with E-state index in [1.807, 2.05) is 6.07 Å². The molecule has 0 unspecified atom stereocenters. The van der Waals surface area contributed by atoms with Crippen LogP contribution in [0, 0.1) is 0 Å². The van der Waals surface area contributed by atoms with Crippen LogP contribution in [-0.4, -0.2) is 21.8 Å². The average Bonchev–Trinajstić information content (AvgIpc) is 2.45. The maximum absolute atomic E-state index is 11.6. The molecule has 1 aromatic carbocycles. The first-order chi connectivity index (χ1) is 9.24. The zero-order valence-electron chi connectivity index (χ0n) is 10.0. The zero-order valence-corrected chi connectivity index (χ0v) is 10.9. The molecule has 0 saturated heterocycles. The molecule has 1 aromatic heterocycles. The Morgan fingerprint density at radius 3 is 2.68 bits per heavy atom. The van der Waals surface area contributed by atoms with E-state index in [0.29, 0.717) is 5.82 Å². The molecule has 0 bridgehead atoms. The molecular weight excluding hydrogens is 262 g/mol. The summed E-state index contributed by atoms with van der Waals surface area (Å²) in [7, 11) is 0. The Hall–Kier alpha value is -2.21. The van der Waals surface area contributed by atoms with Gasteiger partial charge in [-0.2, -0.15) is 0 Å². The van der Waals surface area contributed by atoms with Gasteiger partial charge in [0.15, 0.2) is 0 Å². The molecule has 2 rings (SSSR count). The monoisotopic (exact) mass is 275 g/mol. The zero-order chi connectivity index (χ0) is 13.5. The van der Waals surface area contributed by atoms with Gasteiger partial charge in [0.25, 0.3) is 0 Å². The minimum Gasteiger partial charge on any atom is -0.508 e. The third-order valence-electron chi connectivity index (χ3n) is 2.20. The van der Waals surface area contributed by atoms with Crippen molar-refractivity contribution in [1.29, 1.82) is 0 Å². The third-order valence-corrected chi connectivity index (χ3v) is 3.21. The van der Waals surface area contributed by atoms with Crippen molar-refractivity contribution < 1.29 is 9.90 Å². The van der Waals surface area contributed by atoms with Crippen LogP contribution in [0.4, 0.5) is 5.82 Å². The Balaban J connectivity index is 1.74. The lowest BCUT2D eigenvalue weighted by Gasteiger charge is -2.07. The van der Waals surface area contributed by atoms with E-state index in [4.69, 9.17) is 5.11 Å². The molecule has 0 saturated carbocycles. The van der Waals surface area contributed by atoms with Gasteiger partial charge in [0.2, 0.25) is 5.91 Å². The van der Waals surface area contributed by atoms with Crippen LogP contribution in [0.15, 0.2) is 53.6 Å². The van der Waals surface area contributed by atoms with Crippen molar-refractivity contribution in [2.24, 2.45) is 0 Å². The number of hydrogen-bond donors (Lipinski definition) is 3. The van der Waals surface area contributed by atoms with Crippen LogP contribution in [0.3, 0.4) is 0 Å². The molecule has 3 N–H and O–H groups in total. The molecule has 0 fully saturated rings. The smallest absolute Gasteiger partial charge is 0.248 e. The molecule has 1 amide bonds. The second-order valence-electron chi connectivity index (χ2n) is 3.67. The van der Waals surface area contributed by atoms with Crippen molar-refractivity contribution in [3.63, 3.8) is 0 Å². The largest absolute Gasteiger partial charge is 0.508 e. The summed E-state index contributed by atoms with van der Waals surface area (Å²) < 4.78 is 0. The normalized spacial score (nSPS) is 9.89. The van der Waals surface area contributed by atoms with Gasteiger partial charge in [-0.05, 0) is 36.4 Å². The molecule has 0 radical (unpaired) electrons. The van der Waals surface area contributed by atoms with Crippen LogP contribution in [-0.2, 0) is 4.79 Å². The number of pyridine rings is 1. The van der Waals surface area contributed by atoms with Gasteiger partial charge in [0.05, 0.1) is 5.75 Å². The SMILES string of the molecule is O=C(CSc1ccc(O)cc1)NNc1ccccn1. The highest BCUT2D eigenvalue weighted by Gasteiger charge is 2.02. The summed E-state index contributed by atoms with van der Waals surface area (Å²) in [5.41, 5.74) is 5.28. The highest BCUT2D eigenvalue weighted by molar-refractivity contribution is 8.00. The maximum Gasteiger partial charge on any atom is 0.248 e. The quantitative estimate of drug-likeness (QED) is 0.575. The van der Waals surface area contributed by atoms with Crippen molar-refractivity contribution >= 4 is 23.5 Å². The van der Waals surface area contributed by atoms with E-state index >= 15 is 0 Å². The Morgan fingerprint density at radius 2 is 2.00 bits per heavy atom. The number of amides is 1. The summed E-state index contributed by atoms with van der Waals surface area (Å²) in [4.78, 5) is 16.5. The van der Waals surface area contributed by atoms with E-state index in [1.54, 1.807) is 42.6 Å². The van der Waals surface area contributed by atoms with Crippen LogP contribution < -0.4 is 10.9 Å². The van der Waals surface area contributed by atoms with E-state index in [0.717, 1.165) is 4.90 Å². The van der Waals surface area contributed by atoms with Gasteiger partial charge >= 0.3 is 0 Å². The molecule has 2 aromatic rings. The average molecular weight is 275 g/mol. The summed E-state index contributed by atoms with van der Waals surface area (Å²) in [6.07, 6.45) is 1.64. The van der Waals surface area contributed by atoms with E-state index in [1.165, 1.54) is 11.8 Å². The number of hydrogen-bond acceptors (Lipinski definition) is 5. The Kier molecular flexibility index (Phi) is 4.63. The number of phenols is 1. The molecule has 1 heterocycles. The van der Waals surface area contributed by atoms with Gasteiger partial charge in [0.1, 0.15) is 11.6 Å². The standard InChI is InChI=1S/C13H13N3O2S/c17-10-4-6-11(7-5-10)19-9-13(18)16-15-12-3-1-2-8-14-12/h1-8,17H,9H2,(H,14,15)(H,16,18). The lowest BCUT2D eigenvalue weighted by atomic mass is 10.3. The highest BCUT2D eigenvalue weighted by atomic mass is 32.2. The molecular formula is C13H13N3O2S. The number of carbonyl (C=O) groups excluding carboxylic acids is 1. The first kappa shape index (κ1) is 13.2. The van der Waals surface area contributed by atoms with E-state index in [9.17, 15) is 4.79 Å². The van der Waals surface area contributed by atoms with Gasteiger partial charge in [-0.1, -0.05) is 6.07 Å². The highest BCUT2D eigenvalue weighted by Crippen LogP contribution is 2.20. The second-order valence-corrected chi connectivity index (χ2v) is 4.72. The number of aromatic hydroxyl groups is 1. The lowest BCUT2D eigenvalue weighted by Crippen LogP contribution is -2.31. The fraction of sp³-hybridized carbons (Fsp3) is 0.0769. The third kappa shape index (κ3) is 4.51. The molecule has 19 heavy (non-hydrogen) atoms. The molecule has 98 valence electrons. The number of phenolic OH excluding ortho intramolecular Hbond substituents is 1. The van der Waals surface area contributed by atoms with Gasteiger partial charge in [0, 0.05) is 11.1 Å². The minimum absolute atomic E-state index is 0.149. The van der Waals surface area contributed by atoms with E-state index in [-0.39, 0.29) is 17.4 Å². The summed E-state index contributed by atoms with van der Waals surface area (Å²) in [6.45, 7) is 0. The van der Waals surface area contributed by atoms with Crippen LogP contribution in [0.25, 0.3) is 0 Å². The summed E-state index contributed by atoms with van der Waals surface area (Å²) in [6, 6.07) is 12.1. The molecule has 0 aliphatic heterocycles. The van der Waals surface area contributed by atoms with Gasteiger partial charge in [-0.25, -0.2) is 4.98 Å². The Bertz CT molecular complexity index is 531. The minimum atomic E-state index is -0.149. The van der Waals surface area contributed by atoms with Crippen LogP contribution in [0.2, 0.25) is 0 Å². The predicted molar refractivity (Wildman–Crippen MR) is 74.8 cm³/mol. The van der Waals surface area contributed by atoms with Gasteiger partial charge in [-0.3, -0.25) is 15.6 Å². The predicted octanol–water partition coefficient (Wildman–Crippen LogP) is 2.02. The number of anilines is 1. The number of nitrogens with one attached hydrogen (secondary N) is 2. The molecule has 0 spiro atoms. The number of benzene rings is 1. The second kappa shape index (κ2) is 6.65. The van der Waals surface area contributed by atoms with Gasteiger partial charge in [-0.15, -0.1) is 11.8 Å².